The first-order chi connectivity index (χ1) is 10.6. The van der Waals surface area contributed by atoms with Gasteiger partial charge in [-0.05, 0) is 24.7 Å². The van der Waals surface area contributed by atoms with Crippen LogP contribution in [0.4, 0.5) is 0 Å². The highest BCUT2D eigenvalue weighted by Gasteiger charge is 2.32. The zero-order chi connectivity index (χ0) is 15.5. The van der Waals surface area contributed by atoms with Gasteiger partial charge in [0.1, 0.15) is 11.9 Å². The molecule has 2 fully saturated rings. The molecule has 5 heteroatoms. The fourth-order valence-corrected chi connectivity index (χ4v) is 4.04. The average molecular weight is 304 g/mol. The van der Waals surface area contributed by atoms with Gasteiger partial charge in [-0.2, -0.15) is 0 Å². The van der Waals surface area contributed by atoms with E-state index < -0.39 is 0 Å². The predicted molar refractivity (Wildman–Crippen MR) is 86.3 cm³/mol. The van der Waals surface area contributed by atoms with Gasteiger partial charge in [0.05, 0.1) is 0 Å². The smallest absolute Gasteiger partial charge is 0.223 e. The summed E-state index contributed by atoms with van der Waals surface area (Å²) < 4.78 is 2.03. The Morgan fingerprint density at radius 2 is 2.32 bits per heavy atom. The van der Waals surface area contributed by atoms with E-state index in [1.807, 2.05) is 24.0 Å². The van der Waals surface area contributed by atoms with Crippen LogP contribution in [0.3, 0.4) is 0 Å². The Hall–Kier alpha value is -1.36. The quantitative estimate of drug-likeness (QED) is 0.930. The van der Waals surface area contributed by atoms with Crippen LogP contribution in [0.2, 0.25) is 0 Å². The first-order valence-electron chi connectivity index (χ1n) is 8.62. The molecule has 2 heterocycles. The van der Waals surface area contributed by atoms with Crippen LogP contribution in [-0.4, -0.2) is 40.0 Å². The van der Waals surface area contributed by atoms with E-state index >= 15 is 0 Å². The van der Waals surface area contributed by atoms with Crippen molar-refractivity contribution in [1.82, 2.24) is 19.8 Å². The summed E-state index contributed by atoms with van der Waals surface area (Å²) >= 11 is 0. The first-order valence-corrected chi connectivity index (χ1v) is 8.62. The van der Waals surface area contributed by atoms with Gasteiger partial charge in [0.25, 0.3) is 0 Å². The number of rotatable bonds is 3. The van der Waals surface area contributed by atoms with Crippen molar-refractivity contribution in [2.24, 2.45) is 18.9 Å². The molecule has 0 bridgehead atoms. The molecule has 22 heavy (non-hydrogen) atoms. The third-order valence-electron chi connectivity index (χ3n) is 5.23. The van der Waals surface area contributed by atoms with E-state index in [0.717, 1.165) is 31.4 Å². The van der Waals surface area contributed by atoms with Gasteiger partial charge in [-0.15, -0.1) is 0 Å². The first kappa shape index (κ1) is 15.5. The van der Waals surface area contributed by atoms with Gasteiger partial charge in [0.2, 0.25) is 5.91 Å². The Bertz CT molecular complexity index is 513. The van der Waals surface area contributed by atoms with Gasteiger partial charge in [0, 0.05) is 45.5 Å². The van der Waals surface area contributed by atoms with Gasteiger partial charge >= 0.3 is 0 Å². The number of aryl methyl sites for hydroxylation is 1. The fourth-order valence-electron chi connectivity index (χ4n) is 4.04. The number of imidazole rings is 1. The van der Waals surface area contributed by atoms with Crippen molar-refractivity contribution in [2.45, 2.75) is 45.1 Å². The largest absolute Gasteiger partial charge is 0.336 e. The summed E-state index contributed by atoms with van der Waals surface area (Å²) in [5.41, 5.74) is 0. The summed E-state index contributed by atoms with van der Waals surface area (Å²) in [5.74, 6) is 2.65. The summed E-state index contributed by atoms with van der Waals surface area (Å²) in [5, 5.41) is 3.40. The van der Waals surface area contributed by atoms with Crippen molar-refractivity contribution in [3.05, 3.63) is 18.2 Å². The standard InChI is InChI=1S/C17H28N4O/c1-13-4-3-5-14(10-13)11-16(22)21-9-6-18-12-15(21)17-19-7-8-20(17)2/h7-8,13-15,18H,3-6,9-12H2,1-2H3. The molecule has 2 aliphatic rings. The third kappa shape index (κ3) is 3.35. The van der Waals surface area contributed by atoms with Crippen LogP contribution in [0, 0.1) is 11.8 Å². The minimum absolute atomic E-state index is 0.0715. The number of hydrogen-bond donors (Lipinski definition) is 1. The molecule has 3 atom stereocenters. The summed E-state index contributed by atoms with van der Waals surface area (Å²) in [4.78, 5) is 19.4. The second-order valence-corrected chi connectivity index (χ2v) is 7.05. The summed E-state index contributed by atoms with van der Waals surface area (Å²) in [6.07, 6.45) is 9.52. The van der Waals surface area contributed by atoms with Gasteiger partial charge in [-0.25, -0.2) is 4.98 Å². The zero-order valence-electron chi connectivity index (χ0n) is 13.8. The molecule has 1 saturated carbocycles. The summed E-state index contributed by atoms with van der Waals surface area (Å²) in [6.45, 7) is 4.79. The monoisotopic (exact) mass is 304 g/mol. The van der Waals surface area contributed by atoms with Crippen molar-refractivity contribution in [1.29, 1.82) is 0 Å². The number of nitrogens with one attached hydrogen (secondary N) is 1. The second kappa shape index (κ2) is 6.82. The van der Waals surface area contributed by atoms with Crippen molar-refractivity contribution in [3.8, 4) is 0 Å². The molecule has 1 N–H and O–H groups in total. The topological polar surface area (TPSA) is 50.2 Å². The van der Waals surface area contributed by atoms with E-state index in [2.05, 4.69) is 22.1 Å². The van der Waals surface area contributed by atoms with Crippen molar-refractivity contribution in [3.63, 3.8) is 0 Å². The van der Waals surface area contributed by atoms with E-state index in [1.165, 1.54) is 25.7 Å². The molecule has 1 amide bonds. The minimum Gasteiger partial charge on any atom is -0.336 e. The Kier molecular flexibility index (Phi) is 4.81. The lowest BCUT2D eigenvalue weighted by molar-refractivity contribution is -0.136. The number of nitrogens with zero attached hydrogens (tertiary/aromatic N) is 3. The number of carbonyl (C=O) groups excluding carboxylic acids is 1. The van der Waals surface area contributed by atoms with Crippen LogP contribution in [0.15, 0.2) is 12.4 Å². The SMILES string of the molecule is CC1CCCC(CC(=O)N2CCNCC2c2nccn2C)C1. The van der Waals surface area contributed by atoms with Crippen molar-refractivity contribution >= 4 is 5.91 Å². The number of piperazine rings is 1. The van der Waals surface area contributed by atoms with Gasteiger partial charge in [0.15, 0.2) is 0 Å². The van der Waals surface area contributed by atoms with Gasteiger partial charge in [-0.3, -0.25) is 4.79 Å². The highest BCUT2D eigenvalue weighted by atomic mass is 16.2. The lowest BCUT2D eigenvalue weighted by atomic mass is 9.80. The molecule has 1 aromatic heterocycles. The van der Waals surface area contributed by atoms with Crippen LogP contribution in [0.5, 0.6) is 0 Å². The average Bonchev–Trinajstić information content (AvgIpc) is 2.93. The van der Waals surface area contributed by atoms with Crippen molar-refractivity contribution in [2.75, 3.05) is 19.6 Å². The number of amides is 1. The second-order valence-electron chi connectivity index (χ2n) is 7.05. The zero-order valence-corrected chi connectivity index (χ0v) is 13.8. The molecule has 1 saturated heterocycles. The van der Waals surface area contributed by atoms with E-state index in [1.54, 1.807) is 0 Å². The molecule has 0 spiro atoms. The molecule has 5 nitrogen and oxygen atoms in total. The Balaban J connectivity index is 1.68. The maximum Gasteiger partial charge on any atom is 0.223 e. The number of aromatic nitrogens is 2. The molecule has 1 aromatic rings. The minimum atomic E-state index is 0.0715. The highest BCUT2D eigenvalue weighted by Crippen LogP contribution is 2.32. The molecule has 1 aliphatic heterocycles. The third-order valence-corrected chi connectivity index (χ3v) is 5.23. The van der Waals surface area contributed by atoms with Crippen molar-refractivity contribution < 1.29 is 4.79 Å². The Morgan fingerprint density at radius 3 is 3.05 bits per heavy atom. The molecule has 122 valence electrons. The van der Waals surface area contributed by atoms with Gasteiger partial charge < -0.3 is 14.8 Å². The Labute approximate surface area is 133 Å². The molecule has 0 radical (unpaired) electrons. The number of hydrogen-bond acceptors (Lipinski definition) is 3. The van der Waals surface area contributed by atoms with Crippen LogP contribution < -0.4 is 5.32 Å². The molecule has 3 rings (SSSR count). The van der Waals surface area contributed by atoms with Crippen LogP contribution in [0.25, 0.3) is 0 Å². The number of carbonyl (C=O) groups is 1. The van der Waals surface area contributed by atoms with Crippen LogP contribution in [-0.2, 0) is 11.8 Å². The maximum atomic E-state index is 12.9. The summed E-state index contributed by atoms with van der Waals surface area (Å²) in [7, 11) is 2.00. The molecule has 0 aromatic carbocycles. The van der Waals surface area contributed by atoms with Gasteiger partial charge in [-0.1, -0.05) is 19.8 Å². The molecule has 1 aliphatic carbocycles. The normalized spacial score (nSPS) is 29.5. The lowest BCUT2D eigenvalue weighted by Crippen LogP contribution is -2.49. The van der Waals surface area contributed by atoms with E-state index in [4.69, 9.17) is 0 Å². The Morgan fingerprint density at radius 1 is 1.45 bits per heavy atom. The van der Waals surface area contributed by atoms with E-state index in [0.29, 0.717) is 18.2 Å². The summed E-state index contributed by atoms with van der Waals surface area (Å²) in [6, 6.07) is 0.0715. The predicted octanol–water partition coefficient (Wildman–Crippen LogP) is 2.11. The van der Waals surface area contributed by atoms with E-state index in [9.17, 15) is 4.79 Å². The van der Waals surface area contributed by atoms with Crippen LogP contribution in [0.1, 0.15) is 50.9 Å². The lowest BCUT2D eigenvalue weighted by Gasteiger charge is -2.37. The van der Waals surface area contributed by atoms with E-state index in [-0.39, 0.29) is 6.04 Å². The molecule has 3 unspecified atom stereocenters. The van der Waals surface area contributed by atoms with Crippen LogP contribution >= 0.6 is 0 Å². The fraction of sp³-hybridized carbons (Fsp3) is 0.765. The maximum absolute atomic E-state index is 12.9. The molecular formula is C17H28N4O. The highest BCUT2D eigenvalue weighted by molar-refractivity contribution is 5.77. The molecular weight excluding hydrogens is 276 g/mol.